The Balaban J connectivity index is 2.51. The molecule has 0 unspecified atom stereocenters. The number of rotatable bonds is 7. The summed E-state index contributed by atoms with van der Waals surface area (Å²) in [5.74, 6) is 0.758. The third-order valence-corrected chi connectivity index (χ3v) is 4.43. The van der Waals surface area contributed by atoms with Gasteiger partial charge in [0.25, 0.3) is 0 Å². The molecular weight excluding hydrogens is 220 g/mol. The zero-order valence-electron chi connectivity index (χ0n) is 13.3. The van der Waals surface area contributed by atoms with Gasteiger partial charge in [0.05, 0.1) is 0 Å². The lowest BCUT2D eigenvalue weighted by Crippen LogP contribution is -2.46. The molecular formula is C16H34N2. The largest absolute Gasteiger partial charge is 0.316 e. The van der Waals surface area contributed by atoms with E-state index in [1.54, 1.807) is 0 Å². The summed E-state index contributed by atoms with van der Waals surface area (Å²) >= 11 is 0. The van der Waals surface area contributed by atoms with Gasteiger partial charge in [0.1, 0.15) is 0 Å². The van der Waals surface area contributed by atoms with Crippen molar-refractivity contribution in [1.82, 2.24) is 10.2 Å². The van der Waals surface area contributed by atoms with Crippen LogP contribution in [-0.2, 0) is 0 Å². The molecule has 1 aliphatic carbocycles. The summed E-state index contributed by atoms with van der Waals surface area (Å²) in [4.78, 5) is 2.53. The smallest absolute Gasteiger partial charge is 0.00498 e. The van der Waals surface area contributed by atoms with Crippen LogP contribution in [0.4, 0.5) is 0 Å². The van der Waals surface area contributed by atoms with Crippen molar-refractivity contribution in [1.29, 1.82) is 0 Å². The number of hydrogen-bond acceptors (Lipinski definition) is 2. The van der Waals surface area contributed by atoms with E-state index in [0.29, 0.717) is 11.5 Å². The van der Waals surface area contributed by atoms with Gasteiger partial charge in [-0.3, -0.25) is 0 Å². The van der Waals surface area contributed by atoms with Crippen LogP contribution in [0.2, 0.25) is 0 Å². The van der Waals surface area contributed by atoms with E-state index >= 15 is 0 Å². The van der Waals surface area contributed by atoms with Crippen LogP contribution in [-0.4, -0.2) is 37.6 Å². The molecule has 0 radical (unpaired) electrons. The second-order valence-electron chi connectivity index (χ2n) is 7.09. The first-order valence-electron chi connectivity index (χ1n) is 7.86. The lowest BCUT2D eigenvalue weighted by atomic mass is 9.73. The highest BCUT2D eigenvalue weighted by Crippen LogP contribution is 2.36. The Morgan fingerprint density at radius 2 is 1.67 bits per heavy atom. The first kappa shape index (κ1) is 16.0. The Labute approximate surface area is 115 Å². The Hall–Kier alpha value is -0.0800. The molecule has 108 valence electrons. The highest BCUT2D eigenvalue weighted by Gasteiger charge is 2.33. The van der Waals surface area contributed by atoms with E-state index in [2.05, 4.69) is 45.0 Å². The first-order chi connectivity index (χ1) is 8.45. The van der Waals surface area contributed by atoms with Gasteiger partial charge in [-0.1, -0.05) is 33.1 Å². The molecule has 0 saturated heterocycles. The van der Waals surface area contributed by atoms with Crippen molar-refractivity contribution in [3.63, 3.8) is 0 Å². The van der Waals surface area contributed by atoms with E-state index in [0.717, 1.165) is 12.5 Å². The SMILES string of the molecule is CC(C)CNCC1(CN(C)C(C)C)CCCCC1. The van der Waals surface area contributed by atoms with Crippen molar-refractivity contribution in [3.05, 3.63) is 0 Å². The van der Waals surface area contributed by atoms with Crippen molar-refractivity contribution in [2.45, 2.75) is 65.8 Å². The maximum Gasteiger partial charge on any atom is 0.00498 e. The minimum Gasteiger partial charge on any atom is -0.316 e. The zero-order valence-corrected chi connectivity index (χ0v) is 13.3. The minimum absolute atomic E-state index is 0.534. The Bertz CT molecular complexity index is 217. The standard InChI is InChI=1S/C16H34N2/c1-14(2)11-17-12-16(9-7-6-8-10-16)13-18(5)15(3)4/h14-15,17H,6-13H2,1-5H3. The molecule has 18 heavy (non-hydrogen) atoms. The van der Waals surface area contributed by atoms with Crippen LogP contribution in [0.15, 0.2) is 0 Å². The Morgan fingerprint density at radius 1 is 1.06 bits per heavy atom. The van der Waals surface area contributed by atoms with Gasteiger partial charge in [0.15, 0.2) is 0 Å². The second kappa shape index (κ2) is 7.49. The van der Waals surface area contributed by atoms with Crippen LogP contribution in [0.3, 0.4) is 0 Å². The Kier molecular flexibility index (Phi) is 6.65. The van der Waals surface area contributed by atoms with Gasteiger partial charge in [0, 0.05) is 19.1 Å². The summed E-state index contributed by atoms with van der Waals surface area (Å²) in [5.41, 5.74) is 0.534. The number of hydrogen-bond donors (Lipinski definition) is 1. The molecule has 0 aliphatic heterocycles. The molecule has 1 N–H and O–H groups in total. The molecule has 2 heteroatoms. The first-order valence-corrected chi connectivity index (χ1v) is 7.86. The van der Waals surface area contributed by atoms with Crippen molar-refractivity contribution in [3.8, 4) is 0 Å². The van der Waals surface area contributed by atoms with E-state index in [1.165, 1.54) is 45.2 Å². The molecule has 0 atom stereocenters. The van der Waals surface area contributed by atoms with Crippen LogP contribution in [0.1, 0.15) is 59.8 Å². The molecule has 1 saturated carbocycles. The highest BCUT2D eigenvalue weighted by atomic mass is 15.1. The fourth-order valence-corrected chi connectivity index (χ4v) is 3.03. The van der Waals surface area contributed by atoms with Crippen LogP contribution in [0.25, 0.3) is 0 Å². The van der Waals surface area contributed by atoms with Gasteiger partial charge in [-0.2, -0.15) is 0 Å². The summed E-state index contributed by atoms with van der Waals surface area (Å²) in [6.45, 7) is 12.8. The maximum absolute atomic E-state index is 3.71. The van der Waals surface area contributed by atoms with E-state index < -0.39 is 0 Å². The normalized spacial score (nSPS) is 20.0. The monoisotopic (exact) mass is 254 g/mol. The Morgan fingerprint density at radius 3 is 2.17 bits per heavy atom. The number of nitrogens with zero attached hydrogens (tertiary/aromatic N) is 1. The van der Waals surface area contributed by atoms with E-state index in [1.807, 2.05) is 0 Å². The highest BCUT2D eigenvalue weighted by molar-refractivity contribution is 4.88. The van der Waals surface area contributed by atoms with Gasteiger partial charge >= 0.3 is 0 Å². The molecule has 0 amide bonds. The van der Waals surface area contributed by atoms with Gasteiger partial charge in [0.2, 0.25) is 0 Å². The third kappa shape index (κ3) is 5.27. The minimum atomic E-state index is 0.534. The summed E-state index contributed by atoms with van der Waals surface area (Å²) in [5, 5.41) is 3.71. The van der Waals surface area contributed by atoms with E-state index in [-0.39, 0.29) is 0 Å². The average Bonchev–Trinajstić information content (AvgIpc) is 2.29. The molecule has 0 aromatic heterocycles. The van der Waals surface area contributed by atoms with Gasteiger partial charge in [-0.05, 0) is 51.6 Å². The van der Waals surface area contributed by atoms with Gasteiger partial charge in [-0.15, -0.1) is 0 Å². The van der Waals surface area contributed by atoms with Crippen molar-refractivity contribution in [2.24, 2.45) is 11.3 Å². The fraction of sp³-hybridized carbons (Fsp3) is 1.00. The molecule has 2 nitrogen and oxygen atoms in total. The average molecular weight is 254 g/mol. The zero-order chi connectivity index (χ0) is 13.6. The predicted octanol–water partition coefficient (Wildman–Crippen LogP) is 3.52. The van der Waals surface area contributed by atoms with Crippen molar-refractivity contribution < 1.29 is 0 Å². The molecule has 0 bridgehead atoms. The predicted molar refractivity (Wildman–Crippen MR) is 81.0 cm³/mol. The second-order valence-corrected chi connectivity index (χ2v) is 7.09. The molecule has 1 aliphatic rings. The fourth-order valence-electron chi connectivity index (χ4n) is 3.03. The van der Waals surface area contributed by atoms with Crippen molar-refractivity contribution in [2.75, 3.05) is 26.7 Å². The molecule has 0 spiro atoms. The van der Waals surface area contributed by atoms with E-state index in [4.69, 9.17) is 0 Å². The lowest BCUT2D eigenvalue weighted by molar-refractivity contribution is 0.101. The van der Waals surface area contributed by atoms with Gasteiger partial charge in [-0.25, -0.2) is 0 Å². The summed E-state index contributed by atoms with van der Waals surface area (Å²) in [6.07, 6.45) is 7.12. The summed E-state index contributed by atoms with van der Waals surface area (Å²) in [7, 11) is 2.28. The van der Waals surface area contributed by atoms with Crippen LogP contribution in [0, 0.1) is 11.3 Å². The third-order valence-electron chi connectivity index (χ3n) is 4.43. The quantitative estimate of drug-likeness (QED) is 0.748. The van der Waals surface area contributed by atoms with Crippen molar-refractivity contribution >= 4 is 0 Å². The molecule has 0 aromatic carbocycles. The molecule has 0 heterocycles. The topological polar surface area (TPSA) is 15.3 Å². The lowest BCUT2D eigenvalue weighted by Gasteiger charge is -2.41. The van der Waals surface area contributed by atoms with Gasteiger partial charge < -0.3 is 10.2 Å². The van der Waals surface area contributed by atoms with Crippen LogP contribution >= 0.6 is 0 Å². The molecule has 0 aromatic rings. The molecule has 1 fully saturated rings. The molecule has 1 rings (SSSR count). The van der Waals surface area contributed by atoms with Crippen LogP contribution < -0.4 is 5.32 Å². The summed E-state index contributed by atoms with van der Waals surface area (Å²) in [6, 6.07) is 0.661. The number of nitrogens with one attached hydrogen (secondary N) is 1. The maximum atomic E-state index is 3.71. The summed E-state index contributed by atoms with van der Waals surface area (Å²) < 4.78 is 0. The van der Waals surface area contributed by atoms with Crippen LogP contribution in [0.5, 0.6) is 0 Å². The van der Waals surface area contributed by atoms with E-state index in [9.17, 15) is 0 Å².